The van der Waals surface area contributed by atoms with Gasteiger partial charge in [0.05, 0.1) is 0 Å². The van der Waals surface area contributed by atoms with Gasteiger partial charge in [-0.3, -0.25) is 0 Å². The van der Waals surface area contributed by atoms with Crippen LogP contribution in [0.3, 0.4) is 0 Å². The molecule has 0 rings (SSSR count). The highest BCUT2D eigenvalue weighted by Gasteiger charge is 2.14. The van der Waals surface area contributed by atoms with Crippen LogP contribution < -0.4 is 5.32 Å². The molecule has 0 aromatic carbocycles. The second kappa shape index (κ2) is 15.4. The second-order valence-corrected chi connectivity index (χ2v) is 6.60. The quantitative estimate of drug-likeness (QED) is 0.347. The fourth-order valence-electron chi connectivity index (χ4n) is 3.06. The lowest BCUT2D eigenvalue weighted by atomic mass is 9.89. The lowest BCUT2D eigenvalue weighted by Crippen LogP contribution is -2.30. The van der Waals surface area contributed by atoms with Crippen molar-refractivity contribution in [2.75, 3.05) is 7.05 Å². The first-order valence-corrected chi connectivity index (χ1v) is 9.43. The maximum absolute atomic E-state index is 3.45. The largest absolute Gasteiger partial charge is 0.317 e. The van der Waals surface area contributed by atoms with Gasteiger partial charge >= 0.3 is 0 Å². The van der Waals surface area contributed by atoms with Crippen LogP contribution in [0.25, 0.3) is 0 Å². The monoisotopic (exact) mass is 283 g/mol. The molecule has 1 heteroatoms. The molecule has 0 aromatic rings. The lowest BCUT2D eigenvalue weighted by Gasteiger charge is -2.23. The summed E-state index contributed by atoms with van der Waals surface area (Å²) in [6.07, 6.45) is 18.6. The van der Waals surface area contributed by atoms with Crippen LogP contribution in [0.1, 0.15) is 104 Å². The number of hydrogen-bond donors (Lipinski definition) is 1. The topological polar surface area (TPSA) is 12.0 Å². The first kappa shape index (κ1) is 20.0. The number of nitrogens with one attached hydrogen (secondary N) is 1. The standard InChI is InChI=1S/C19H41N/c1-5-7-9-10-11-12-13-14-15-17-19(16-8-6-2)18(3)20-4/h18-20H,5-17H2,1-4H3. The normalized spacial score (nSPS) is 14.4. The van der Waals surface area contributed by atoms with E-state index < -0.39 is 0 Å². The van der Waals surface area contributed by atoms with E-state index in [0.717, 1.165) is 5.92 Å². The Bertz CT molecular complexity index is 179. The molecule has 2 atom stereocenters. The van der Waals surface area contributed by atoms with Crippen molar-refractivity contribution < 1.29 is 0 Å². The van der Waals surface area contributed by atoms with Gasteiger partial charge in [-0.15, -0.1) is 0 Å². The first-order chi connectivity index (χ1) is 9.76. The SMILES string of the molecule is CCCCCCCCCCCC(CCCC)C(C)NC. The van der Waals surface area contributed by atoms with E-state index in [9.17, 15) is 0 Å². The molecule has 1 N–H and O–H groups in total. The Morgan fingerprint density at radius 3 is 1.60 bits per heavy atom. The minimum absolute atomic E-state index is 0.690. The van der Waals surface area contributed by atoms with Gasteiger partial charge in [-0.2, -0.15) is 0 Å². The predicted molar refractivity (Wildman–Crippen MR) is 93.4 cm³/mol. The second-order valence-electron chi connectivity index (χ2n) is 6.60. The summed E-state index contributed by atoms with van der Waals surface area (Å²) >= 11 is 0. The van der Waals surface area contributed by atoms with Crippen LogP contribution in [-0.4, -0.2) is 13.1 Å². The highest BCUT2D eigenvalue weighted by atomic mass is 14.9. The average Bonchev–Trinajstić information content (AvgIpc) is 2.47. The van der Waals surface area contributed by atoms with Gasteiger partial charge in [0.15, 0.2) is 0 Å². The molecule has 0 heterocycles. The Hall–Kier alpha value is -0.0400. The van der Waals surface area contributed by atoms with Crippen molar-refractivity contribution in [1.82, 2.24) is 5.32 Å². The zero-order chi connectivity index (χ0) is 15.1. The Kier molecular flexibility index (Phi) is 15.3. The van der Waals surface area contributed by atoms with Gasteiger partial charge in [-0.1, -0.05) is 84.5 Å². The average molecular weight is 284 g/mol. The molecule has 0 aliphatic rings. The molecule has 2 unspecified atom stereocenters. The van der Waals surface area contributed by atoms with Crippen molar-refractivity contribution >= 4 is 0 Å². The molecular formula is C19H41N. The van der Waals surface area contributed by atoms with Crippen LogP contribution >= 0.6 is 0 Å². The molecule has 0 saturated heterocycles. The van der Waals surface area contributed by atoms with E-state index in [0.29, 0.717) is 6.04 Å². The number of hydrogen-bond acceptors (Lipinski definition) is 1. The highest BCUT2D eigenvalue weighted by Crippen LogP contribution is 2.21. The molecule has 0 aliphatic carbocycles. The molecule has 122 valence electrons. The third-order valence-electron chi connectivity index (χ3n) is 4.77. The summed E-state index contributed by atoms with van der Waals surface area (Å²) in [6.45, 7) is 6.95. The van der Waals surface area contributed by atoms with Gasteiger partial charge < -0.3 is 5.32 Å². The first-order valence-electron chi connectivity index (χ1n) is 9.43. The zero-order valence-corrected chi connectivity index (χ0v) is 14.8. The van der Waals surface area contributed by atoms with Gasteiger partial charge in [0, 0.05) is 6.04 Å². The van der Waals surface area contributed by atoms with E-state index in [4.69, 9.17) is 0 Å². The molecule has 0 amide bonds. The molecular weight excluding hydrogens is 242 g/mol. The van der Waals surface area contributed by atoms with Gasteiger partial charge in [0.2, 0.25) is 0 Å². The number of unbranched alkanes of at least 4 members (excludes halogenated alkanes) is 9. The molecule has 20 heavy (non-hydrogen) atoms. The Morgan fingerprint density at radius 2 is 1.10 bits per heavy atom. The smallest absolute Gasteiger partial charge is 0.00639 e. The van der Waals surface area contributed by atoms with Crippen molar-refractivity contribution in [3.05, 3.63) is 0 Å². The molecule has 1 nitrogen and oxygen atoms in total. The molecule has 0 aliphatic heterocycles. The van der Waals surface area contributed by atoms with E-state index in [1.807, 2.05) is 0 Å². The molecule has 0 saturated carbocycles. The third kappa shape index (κ3) is 11.8. The minimum atomic E-state index is 0.690. The molecule has 0 aromatic heterocycles. The molecule has 0 bridgehead atoms. The van der Waals surface area contributed by atoms with Crippen molar-refractivity contribution in [3.8, 4) is 0 Å². The maximum Gasteiger partial charge on any atom is 0.00639 e. The maximum atomic E-state index is 3.45. The summed E-state index contributed by atoms with van der Waals surface area (Å²) in [5.74, 6) is 0.893. The molecule has 0 radical (unpaired) electrons. The van der Waals surface area contributed by atoms with Gasteiger partial charge in [0.25, 0.3) is 0 Å². The fraction of sp³-hybridized carbons (Fsp3) is 1.00. The minimum Gasteiger partial charge on any atom is -0.317 e. The predicted octanol–water partition coefficient (Wildman–Crippen LogP) is 6.32. The zero-order valence-electron chi connectivity index (χ0n) is 14.8. The van der Waals surface area contributed by atoms with Crippen LogP contribution in [0.4, 0.5) is 0 Å². The van der Waals surface area contributed by atoms with E-state index in [-0.39, 0.29) is 0 Å². The van der Waals surface area contributed by atoms with Crippen molar-refractivity contribution in [1.29, 1.82) is 0 Å². The Morgan fingerprint density at radius 1 is 0.650 bits per heavy atom. The summed E-state index contributed by atoms with van der Waals surface area (Å²) in [6, 6.07) is 0.690. The van der Waals surface area contributed by atoms with Gasteiger partial charge in [-0.25, -0.2) is 0 Å². The van der Waals surface area contributed by atoms with Gasteiger partial charge in [-0.05, 0) is 32.7 Å². The fourth-order valence-corrected chi connectivity index (χ4v) is 3.06. The summed E-state index contributed by atoms with van der Waals surface area (Å²) in [4.78, 5) is 0. The van der Waals surface area contributed by atoms with E-state index in [1.54, 1.807) is 0 Å². The highest BCUT2D eigenvalue weighted by molar-refractivity contribution is 4.71. The van der Waals surface area contributed by atoms with E-state index >= 15 is 0 Å². The summed E-state index contributed by atoms with van der Waals surface area (Å²) in [7, 11) is 2.11. The molecule has 0 fully saturated rings. The van der Waals surface area contributed by atoms with Crippen LogP contribution in [0, 0.1) is 5.92 Å². The molecule has 0 spiro atoms. The van der Waals surface area contributed by atoms with Crippen molar-refractivity contribution in [3.63, 3.8) is 0 Å². The summed E-state index contributed by atoms with van der Waals surface area (Å²) in [5, 5.41) is 3.45. The van der Waals surface area contributed by atoms with Crippen LogP contribution in [-0.2, 0) is 0 Å². The van der Waals surface area contributed by atoms with Gasteiger partial charge in [0.1, 0.15) is 0 Å². The van der Waals surface area contributed by atoms with Crippen molar-refractivity contribution in [2.45, 2.75) is 110 Å². The van der Waals surface area contributed by atoms with Crippen molar-refractivity contribution in [2.24, 2.45) is 5.92 Å². The van der Waals surface area contributed by atoms with Crippen LogP contribution in [0.5, 0.6) is 0 Å². The van der Waals surface area contributed by atoms with E-state index in [2.05, 4.69) is 33.1 Å². The Labute approximate surface area is 129 Å². The lowest BCUT2D eigenvalue weighted by molar-refractivity contribution is 0.328. The number of rotatable bonds is 15. The third-order valence-corrected chi connectivity index (χ3v) is 4.77. The van der Waals surface area contributed by atoms with E-state index in [1.165, 1.54) is 83.5 Å². The van der Waals surface area contributed by atoms with Crippen LogP contribution in [0.2, 0.25) is 0 Å². The Balaban J connectivity index is 3.48. The summed E-state index contributed by atoms with van der Waals surface area (Å²) < 4.78 is 0. The summed E-state index contributed by atoms with van der Waals surface area (Å²) in [5.41, 5.74) is 0. The van der Waals surface area contributed by atoms with Crippen LogP contribution in [0.15, 0.2) is 0 Å².